The Morgan fingerprint density at radius 2 is 2.00 bits per heavy atom. The Hall–Kier alpha value is -1.64. The van der Waals surface area contributed by atoms with E-state index in [1.165, 1.54) is 0 Å². The van der Waals surface area contributed by atoms with E-state index in [-0.39, 0.29) is 5.91 Å². The number of hydrogen-bond acceptors (Lipinski definition) is 2. The quantitative estimate of drug-likeness (QED) is 0.793. The van der Waals surface area contributed by atoms with Crippen molar-refractivity contribution < 1.29 is 4.79 Å². The smallest absolute Gasteiger partial charge is 0.273 e. The van der Waals surface area contributed by atoms with Crippen molar-refractivity contribution >= 4 is 11.7 Å². The summed E-state index contributed by atoms with van der Waals surface area (Å²) in [4.78, 5) is 15.7. The molecule has 3 heteroatoms. The molecule has 0 aromatic heterocycles. The van der Waals surface area contributed by atoms with Gasteiger partial charge in [-0.1, -0.05) is 37.3 Å². The number of nitrogens with zero attached hydrogens (tertiary/aromatic N) is 1. The Kier molecular flexibility index (Phi) is 2.31. The van der Waals surface area contributed by atoms with E-state index in [0.29, 0.717) is 5.84 Å². The molecule has 1 unspecified atom stereocenters. The summed E-state index contributed by atoms with van der Waals surface area (Å²) in [6.45, 7) is 3.86. The lowest BCUT2D eigenvalue weighted by Gasteiger charge is -2.20. The Morgan fingerprint density at radius 3 is 2.53 bits per heavy atom. The van der Waals surface area contributed by atoms with Crippen molar-refractivity contribution in [2.75, 3.05) is 0 Å². The van der Waals surface area contributed by atoms with Crippen LogP contribution in [0.25, 0.3) is 0 Å². The van der Waals surface area contributed by atoms with Gasteiger partial charge in [-0.05, 0) is 13.3 Å². The molecule has 1 atom stereocenters. The molecule has 1 aliphatic rings. The average Bonchev–Trinajstić information content (AvgIpc) is 2.58. The normalized spacial score (nSPS) is 24.9. The van der Waals surface area contributed by atoms with E-state index in [4.69, 9.17) is 0 Å². The molecule has 0 fully saturated rings. The van der Waals surface area contributed by atoms with Crippen LogP contribution >= 0.6 is 0 Å². The molecule has 2 rings (SSSR count). The third kappa shape index (κ3) is 1.65. The molecular weight excluding hydrogens is 188 g/mol. The van der Waals surface area contributed by atoms with Crippen molar-refractivity contribution in [1.82, 2.24) is 5.32 Å². The van der Waals surface area contributed by atoms with Crippen LogP contribution in [-0.4, -0.2) is 17.3 Å². The lowest BCUT2D eigenvalue weighted by molar-refractivity contribution is -0.122. The second-order valence-electron chi connectivity index (χ2n) is 3.94. The van der Waals surface area contributed by atoms with Gasteiger partial charge in [-0.2, -0.15) is 4.99 Å². The van der Waals surface area contributed by atoms with Gasteiger partial charge in [0.25, 0.3) is 5.91 Å². The van der Waals surface area contributed by atoms with Gasteiger partial charge in [0.05, 0.1) is 0 Å². The highest BCUT2D eigenvalue weighted by molar-refractivity contribution is 6.13. The minimum Gasteiger partial charge on any atom is -0.355 e. The van der Waals surface area contributed by atoms with Crippen LogP contribution in [0, 0.1) is 0 Å². The van der Waals surface area contributed by atoms with E-state index < -0.39 is 5.54 Å². The van der Waals surface area contributed by atoms with Crippen LogP contribution in [-0.2, 0) is 4.79 Å². The zero-order chi connectivity index (χ0) is 10.9. The van der Waals surface area contributed by atoms with Crippen LogP contribution in [0.4, 0.5) is 0 Å². The van der Waals surface area contributed by atoms with E-state index in [9.17, 15) is 4.79 Å². The highest BCUT2D eigenvalue weighted by Gasteiger charge is 2.37. The maximum atomic E-state index is 11.7. The summed E-state index contributed by atoms with van der Waals surface area (Å²) in [7, 11) is 0. The summed E-state index contributed by atoms with van der Waals surface area (Å²) in [5, 5.41) is 3.18. The number of amides is 1. The topological polar surface area (TPSA) is 41.5 Å². The van der Waals surface area contributed by atoms with Crippen molar-refractivity contribution in [3.8, 4) is 0 Å². The number of carbonyl (C=O) groups excluding carboxylic acids is 1. The summed E-state index contributed by atoms with van der Waals surface area (Å²) in [5.74, 6) is 0.605. The van der Waals surface area contributed by atoms with E-state index >= 15 is 0 Å². The number of amidine groups is 1. The van der Waals surface area contributed by atoms with E-state index in [0.717, 1.165) is 12.0 Å². The van der Waals surface area contributed by atoms with Crippen molar-refractivity contribution in [1.29, 1.82) is 0 Å². The van der Waals surface area contributed by atoms with Crippen LogP contribution in [0.15, 0.2) is 35.3 Å². The predicted molar refractivity (Wildman–Crippen MR) is 59.8 cm³/mol. The number of rotatable bonds is 2. The number of nitrogens with one attached hydrogen (secondary N) is 1. The third-order valence-electron chi connectivity index (χ3n) is 2.83. The summed E-state index contributed by atoms with van der Waals surface area (Å²) < 4.78 is 0. The van der Waals surface area contributed by atoms with Gasteiger partial charge in [-0.25, -0.2) is 0 Å². The average molecular weight is 202 g/mol. The molecule has 0 bridgehead atoms. The van der Waals surface area contributed by atoms with Crippen LogP contribution in [0.1, 0.15) is 25.8 Å². The second kappa shape index (κ2) is 3.50. The summed E-state index contributed by atoms with van der Waals surface area (Å²) in [6, 6.07) is 9.71. The van der Waals surface area contributed by atoms with Gasteiger partial charge < -0.3 is 5.32 Å². The molecule has 1 amide bonds. The molecule has 3 nitrogen and oxygen atoms in total. The first-order valence-corrected chi connectivity index (χ1v) is 5.12. The molecule has 1 N–H and O–H groups in total. The molecule has 1 aliphatic heterocycles. The van der Waals surface area contributed by atoms with Crippen LogP contribution in [0.3, 0.4) is 0 Å². The maximum Gasteiger partial charge on any atom is 0.273 e. The molecule has 0 spiro atoms. The van der Waals surface area contributed by atoms with Gasteiger partial charge >= 0.3 is 0 Å². The molecule has 0 radical (unpaired) electrons. The Bertz CT molecular complexity index is 411. The standard InChI is InChI=1S/C12H14N2O/c1-3-12(2)11(15)13-10(14-12)9-7-5-4-6-8-9/h4-8H,3H2,1-2H3,(H,13,14,15). The largest absolute Gasteiger partial charge is 0.355 e. The number of aliphatic imine (C=N–C) groups is 1. The molecule has 0 aliphatic carbocycles. The number of hydrogen-bond donors (Lipinski definition) is 1. The zero-order valence-corrected chi connectivity index (χ0v) is 8.95. The molecule has 15 heavy (non-hydrogen) atoms. The molecule has 0 saturated heterocycles. The first-order chi connectivity index (χ1) is 7.15. The fourth-order valence-corrected chi connectivity index (χ4v) is 1.54. The van der Waals surface area contributed by atoms with E-state index in [2.05, 4.69) is 10.3 Å². The Balaban J connectivity index is 2.30. The summed E-state index contributed by atoms with van der Waals surface area (Å²) in [6.07, 6.45) is 0.742. The highest BCUT2D eigenvalue weighted by atomic mass is 16.2. The van der Waals surface area contributed by atoms with Gasteiger partial charge in [0.15, 0.2) is 0 Å². The molecule has 0 saturated carbocycles. The summed E-state index contributed by atoms with van der Waals surface area (Å²) in [5.41, 5.74) is 0.438. The minimum atomic E-state index is -0.523. The Morgan fingerprint density at radius 1 is 1.33 bits per heavy atom. The fraction of sp³-hybridized carbons (Fsp3) is 0.333. The van der Waals surface area contributed by atoms with Gasteiger partial charge in [-0.15, -0.1) is 0 Å². The Labute approximate surface area is 89.2 Å². The van der Waals surface area contributed by atoms with Crippen molar-refractivity contribution in [2.24, 2.45) is 4.99 Å². The van der Waals surface area contributed by atoms with E-state index in [1.807, 2.05) is 44.2 Å². The van der Waals surface area contributed by atoms with Gasteiger partial charge in [0, 0.05) is 5.56 Å². The zero-order valence-electron chi connectivity index (χ0n) is 8.95. The van der Waals surface area contributed by atoms with Gasteiger partial charge in [0.2, 0.25) is 0 Å². The summed E-state index contributed by atoms with van der Waals surface area (Å²) >= 11 is 0. The fourth-order valence-electron chi connectivity index (χ4n) is 1.54. The SMILES string of the molecule is CCC1(C)NC(c2ccccc2)=NC1=O. The lowest BCUT2D eigenvalue weighted by Crippen LogP contribution is -2.45. The van der Waals surface area contributed by atoms with E-state index in [1.54, 1.807) is 0 Å². The third-order valence-corrected chi connectivity index (χ3v) is 2.83. The molecule has 78 valence electrons. The van der Waals surface area contributed by atoms with Gasteiger partial charge in [-0.3, -0.25) is 4.79 Å². The first-order valence-electron chi connectivity index (χ1n) is 5.12. The van der Waals surface area contributed by atoms with Crippen molar-refractivity contribution in [3.05, 3.63) is 35.9 Å². The molecule has 1 heterocycles. The highest BCUT2D eigenvalue weighted by Crippen LogP contribution is 2.19. The minimum absolute atomic E-state index is 0.0798. The van der Waals surface area contributed by atoms with Crippen LogP contribution in [0.2, 0.25) is 0 Å². The van der Waals surface area contributed by atoms with Crippen molar-refractivity contribution in [3.63, 3.8) is 0 Å². The van der Waals surface area contributed by atoms with Crippen LogP contribution in [0.5, 0.6) is 0 Å². The maximum absolute atomic E-state index is 11.7. The van der Waals surface area contributed by atoms with Gasteiger partial charge in [0.1, 0.15) is 11.4 Å². The van der Waals surface area contributed by atoms with Crippen molar-refractivity contribution in [2.45, 2.75) is 25.8 Å². The lowest BCUT2D eigenvalue weighted by atomic mass is 9.99. The number of benzene rings is 1. The molecular formula is C12H14N2O. The first kappa shape index (κ1) is 9.90. The molecule has 1 aromatic carbocycles. The monoisotopic (exact) mass is 202 g/mol. The van der Waals surface area contributed by atoms with Crippen LogP contribution < -0.4 is 5.32 Å². The predicted octanol–water partition coefficient (Wildman–Crippen LogP) is 1.73. The number of carbonyl (C=O) groups is 1. The molecule has 1 aromatic rings. The second-order valence-corrected chi connectivity index (χ2v) is 3.94.